The van der Waals surface area contributed by atoms with E-state index in [1.807, 2.05) is 6.07 Å². The van der Waals surface area contributed by atoms with Crippen LogP contribution in [0.3, 0.4) is 0 Å². The van der Waals surface area contributed by atoms with Gasteiger partial charge in [0.25, 0.3) is 5.91 Å². The minimum Gasteiger partial charge on any atom is -0.480 e. The van der Waals surface area contributed by atoms with E-state index in [0.29, 0.717) is 16.9 Å². The molecule has 3 rings (SSSR count). The van der Waals surface area contributed by atoms with Gasteiger partial charge in [0.2, 0.25) is 5.88 Å². The second-order valence-corrected chi connectivity index (χ2v) is 5.43. The third-order valence-electron chi connectivity index (χ3n) is 3.65. The van der Waals surface area contributed by atoms with Crippen LogP contribution in [0.15, 0.2) is 54.9 Å². The number of methoxy groups -OCH3 is 1. The number of nitrogens with zero attached hydrogens (tertiary/aromatic N) is 3. The first-order valence-corrected chi connectivity index (χ1v) is 8.26. The highest BCUT2D eigenvalue weighted by atomic mass is 16.5. The molecule has 2 heterocycles. The maximum atomic E-state index is 12.5. The number of amides is 1. The van der Waals surface area contributed by atoms with Gasteiger partial charge in [0.05, 0.1) is 19.4 Å². The molecule has 0 atom stereocenters. The number of anilines is 1. The highest BCUT2D eigenvalue weighted by Gasteiger charge is 2.14. The van der Waals surface area contributed by atoms with Crippen molar-refractivity contribution in [1.29, 1.82) is 0 Å². The number of rotatable bonds is 6. The third-order valence-corrected chi connectivity index (χ3v) is 3.65. The topological polar surface area (TPSA) is 95.3 Å². The van der Waals surface area contributed by atoms with E-state index >= 15 is 0 Å². The monoisotopic (exact) mass is 366 g/mol. The van der Waals surface area contributed by atoms with Gasteiger partial charge in [-0.1, -0.05) is 6.07 Å². The predicted octanol–water partition coefficient (Wildman–Crippen LogP) is 2.70. The Hall–Kier alpha value is -3.68. The van der Waals surface area contributed by atoms with Crippen LogP contribution in [-0.2, 0) is 4.74 Å². The van der Waals surface area contributed by atoms with Crippen LogP contribution in [0.2, 0.25) is 0 Å². The summed E-state index contributed by atoms with van der Waals surface area (Å²) in [6.45, 7) is 2.02. The molecule has 27 heavy (non-hydrogen) atoms. The molecule has 0 saturated heterocycles. The maximum absolute atomic E-state index is 12.5. The van der Waals surface area contributed by atoms with E-state index in [1.165, 1.54) is 11.8 Å². The summed E-state index contributed by atoms with van der Waals surface area (Å²) in [4.78, 5) is 28.3. The molecule has 8 heteroatoms. The van der Waals surface area contributed by atoms with Gasteiger partial charge in [0.15, 0.2) is 5.69 Å². The molecule has 0 fully saturated rings. The molecule has 1 aromatic carbocycles. The summed E-state index contributed by atoms with van der Waals surface area (Å²) in [7, 11) is 1.46. The summed E-state index contributed by atoms with van der Waals surface area (Å²) in [5.74, 6) is -0.577. The summed E-state index contributed by atoms with van der Waals surface area (Å²) in [6, 6.07) is 11.9. The van der Waals surface area contributed by atoms with Crippen molar-refractivity contribution in [2.24, 2.45) is 0 Å². The number of carbonyl (C=O) groups excluding carboxylic acids is 2. The van der Waals surface area contributed by atoms with Crippen molar-refractivity contribution in [3.8, 4) is 11.6 Å². The molecule has 2 aromatic heterocycles. The Balaban J connectivity index is 1.80. The van der Waals surface area contributed by atoms with Gasteiger partial charge in [-0.2, -0.15) is 5.10 Å². The summed E-state index contributed by atoms with van der Waals surface area (Å²) in [5, 5.41) is 7.01. The Morgan fingerprint density at radius 2 is 2.04 bits per heavy atom. The lowest BCUT2D eigenvalue weighted by Gasteiger charge is -2.09. The fourth-order valence-electron chi connectivity index (χ4n) is 2.43. The largest absolute Gasteiger partial charge is 0.480 e. The van der Waals surface area contributed by atoms with Crippen LogP contribution in [0.25, 0.3) is 5.69 Å². The smallest absolute Gasteiger partial charge is 0.358 e. The van der Waals surface area contributed by atoms with Gasteiger partial charge in [-0.15, -0.1) is 0 Å². The van der Waals surface area contributed by atoms with E-state index in [1.54, 1.807) is 55.7 Å². The predicted molar refractivity (Wildman–Crippen MR) is 98.3 cm³/mol. The standard InChI is InChI=1S/C19H18N4O4/c1-3-27-19(25)16-9-11-23(22-16)14-7-4-6-13(12-14)21-17(24)15-8-5-10-20-18(15)26-2/h4-12H,3H2,1-2H3,(H,21,24). The van der Waals surface area contributed by atoms with Crippen molar-refractivity contribution < 1.29 is 19.1 Å². The minimum absolute atomic E-state index is 0.214. The number of hydrogen-bond acceptors (Lipinski definition) is 6. The van der Waals surface area contributed by atoms with Gasteiger partial charge >= 0.3 is 5.97 Å². The molecular formula is C19H18N4O4. The Kier molecular flexibility index (Phi) is 5.46. The first kappa shape index (κ1) is 18.1. The molecule has 0 bridgehead atoms. The van der Waals surface area contributed by atoms with E-state index in [-0.39, 0.29) is 24.1 Å². The second kappa shape index (κ2) is 8.13. The molecule has 1 N–H and O–H groups in total. The Bertz CT molecular complexity index is 968. The second-order valence-electron chi connectivity index (χ2n) is 5.43. The van der Waals surface area contributed by atoms with Gasteiger partial charge in [0, 0.05) is 18.1 Å². The zero-order valence-corrected chi connectivity index (χ0v) is 14.9. The Morgan fingerprint density at radius 1 is 1.19 bits per heavy atom. The number of pyridine rings is 1. The molecule has 0 aliphatic rings. The highest BCUT2D eigenvalue weighted by molar-refractivity contribution is 6.05. The molecule has 8 nitrogen and oxygen atoms in total. The van der Waals surface area contributed by atoms with E-state index in [4.69, 9.17) is 9.47 Å². The van der Waals surface area contributed by atoms with Crippen LogP contribution in [0.1, 0.15) is 27.8 Å². The number of ether oxygens (including phenoxy) is 2. The number of benzene rings is 1. The van der Waals surface area contributed by atoms with Gasteiger partial charge in [-0.05, 0) is 43.3 Å². The lowest BCUT2D eigenvalue weighted by molar-refractivity contribution is 0.0519. The van der Waals surface area contributed by atoms with Crippen LogP contribution in [-0.4, -0.2) is 40.4 Å². The van der Waals surface area contributed by atoms with Crippen molar-refractivity contribution >= 4 is 17.6 Å². The summed E-state index contributed by atoms with van der Waals surface area (Å²) < 4.78 is 11.6. The van der Waals surface area contributed by atoms with E-state index in [2.05, 4.69) is 15.4 Å². The summed E-state index contributed by atoms with van der Waals surface area (Å²) in [6.07, 6.45) is 3.20. The summed E-state index contributed by atoms with van der Waals surface area (Å²) >= 11 is 0. The number of carbonyl (C=O) groups is 2. The molecule has 0 aliphatic carbocycles. The lowest BCUT2D eigenvalue weighted by atomic mass is 10.2. The zero-order chi connectivity index (χ0) is 19.2. The average Bonchev–Trinajstić information content (AvgIpc) is 3.19. The van der Waals surface area contributed by atoms with Crippen molar-refractivity contribution in [2.45, 2.75) is 6.92 Å². The lowest BCUT2D eigenvalue weighted by Crippen LogP contribution is -2.14. The number of esters is 1. The molecular weight excluding hydrogens is 348 g/mol. The van der Waals surface area contributed by atoms with Crippen LogP contribution < -0.4 is 10.1 Å². The molecule has 3 aromatic rings. The molecule has 0 radical (unpaired) electrons. The molecule has 138 valence electrons. The van der Waals surface area contributed by atoms with E-state index < -0.39 is 5.97 Å². The fraction of sp³-hybridized carbons (Fsp3) is 0.158. The van der Waals surface area contributed by atoms with Crippen LogP contribution in [0, 0.1) is 0 Å². The molecule has 0 saturated carbocycles. The van der Waals surface area contributed by atoms with E-state index in [9.17, 15) is 9.59 Å². The number of nitrogens with one attached hydrogen (secondary N) is 1. The molecule has 0 unspecified atom stereocenters. The third kappa shape index (κ3) is 4.12. The highest BCUT2D eigenvalue weighted by Crippen LogP contribution is 2.19. The van der Waals surface area contributed by atoms with Crippen molar-refractivity contribution in [3.63, 3.8) is 0 Å². The fourth-order valence-corrected chi connectivity index (χ4v) is 2.43. The van der Waals surface area contributed by atoms with Gasteiger partial charge in [-0.25, -0.2) is 14.5 Å². The molecule has 0 aliphatic heterocycles. The van der Waals surface area contributed by atoms with E-state index in [0.717, 1.165) is 0 Å². The van der Waals surface area contributed by atoms with Gasteiger partial charge < -0.3 is 14.8 Å². The van der Waals surface area contributed by atoms with Gasteiger partial charge in [0.1, 0.15) is 5.56 Å². The van der Waals surface area contributed by atoms with Crippen LogP contribution in [0.5, 0.6) is 5.88 Å². The Labute approximate surface area is 155 Å². The minimum atomic E-state index is -0.482. The first-order chi connectivity index (χ1) is 13.1. The first-order valence-electron chi connectivity index (χ1n) is 8.26. The molecule has 1 amide bonds. The van der Waals surface area contributed by atoms with Gasteiger partial charge in [-0.3, -0.25) is 4.79 Å². The molecule has 0 spiro atoms. The normalized spacial score (nSPS) is 10.3. The van der Waals surface area contributed by atoms with Crippen LogP contribution in [0.4, 0.5) is 5.69 Å². The van der Waals surface area contributed by atoms with Crippen LogP contribution >= 0.6 is 0 Å². The number of aromatic nitrogens is 3. The SMILES string of the molecule is CCOC(=O)c1ccn(-c2cccc(NC(=O)c3cccnc3OC)c2)n1. The summed E-state index contributed by atoms with van der Waals surface area (Å²) in [5.41, 5.74) is 1.79. The quantitative estimate of drug-likeness (QED) is 0.674. The zero-order valence-electron chi connectivity index (χ0n) is 14.9. The Morgan fingerprint density at radius 3 is 2.81 bits per heavy atom. The maximum Gasteiger partial charge on any atom is 0.358 e. The number of hydrogen-bond donors (Lipinski definition) is 1. The van der Waals surface area contributed by atoms with Crippen molar-refractivity contribution in [1.82, 2.24) is 14.8 Å². The van der Waals surface area contributed by atoms with Crippen molar-refractivity contribution in [3.05, 3.63) is 66.1 Å². The average molecular weight is 366 g/mol. The van der Waals surface area contributed by atoms with Crippen molar-refractivity contribution in [2.75, 3.05) is 19.0 Å².